The molecule has 1 aliphatic rings. The molecule has 1 aromatic carbocycles. The van der Waals surface area contributed by atoms with Crippen molar-refractivity contribution in [2.24, 2.45) is 5.92 Å². The van der Waals surface area contributed by atoms with E-state index in [1.165, 1.54) is 21.2 Å². The van der Waals surface area contributed by atoms with Crippen LogP contribution in [-0.4, -0.2) is 53.0 Å². The van der Waals surface area contributed by atoms with Gasteiger partial charge in [-0.2, -0.15) is 0 Å². The van der Waals surface area contributed by atoms with E-state index in [0.717, 1.165) is 39.1 Å². The first-order chi connectivity index (χ1) is 12.3. The topological polar surface area (TPSA) is 32.3 Å². The average Bonchev–Trinajstić information content (AvgIpc) is 3.06. The zero-order chi connectivity index (χ0) is 17.1. The number of nitrogens with zero attached hydrogens (tertiary/aromatic N) is 4. The highest BCUT2D eigenvalue weighted by molar-refractivity contribution is 7.09. The molecule has 130 valence electrons. The Balaban J connectivity index is 1.53. The Morgan fingerprint density at radius 3 is 2.88 bits per heavy atom. The molecular weight excluding hydrogens is 328 g/mol. The van der Waals surface area contributed by atoms with Crippen molar-refractivity contribution in [2.45, 2.75) is 13.0 Å². The van der Waals surface area contributed by atoms with Gasteiger partial charge in [0.2, 0.25) is 0 Å². The third-order valence-electron chi connectivity index (χ3n) is 5.01. The summed E-state index contributed by atoms with van der Waals surface area (Å²) in [5, 5.41) is 2.59. The van der Waals surface area contributed by atoms with Gasteiger partial charge < -0.3 is 4.90 Å². The second kappa shape index (κ2) is 7.60. The lowest BCUT2D eigenvalue weighted by Crippen LogP contribution is -2.30. The zero-order valence-electron chi connectivity index (χ0n) is 14.6. The molecular formula is C20H24N4S. The second-order valence-corrected chi connectivity index (χ2v) is 8.03. The maximum absolute atomic E-state index is 4.47. The molecule has 1 aliphatic heterocycles. The molecule has 4 nitrogen and oxygen atoms in total. The molecule has 0 amide bonds. The van der Waals surface area contributed by atoms with E-state index < -0.39 is 0 Å². The molecule has 0 aliphatic carbocycles. The molecule has 2 aromatic heterocycles. The Hall–Kier alpha value is -1.82. The minimum Gasteiger partial charge on any atom is -0.305 e. The average molecular weight is 353 g/mol. The van der Waals surface area contributed by atoms with Crippen LogP contribution in [0.5, 0.6) is 0 Å². The van der Waals surface area contributed by atoms with Gasteiger partial charge in [-0.25, -0.2) is 0 Å². The van der Waals surface area contributed by atoms with Crippen LogP contribution in [0.15, 0.2) is 48.4 Å². The van der Waals surface area contributed by atoms with Crippen LogP contribution >= 0.6 is 11.3 Å². The van der Waals surface area contributed by atoms with E-state index in [9.17, 15) is 0 Å². The van der Waals surface area contributed by atoms with Crippen molar-refractivity contribution >= 4 is 22.1 Å². The molecule has 0 radical (unpaired) electrons. The summed E-state index contributed by atoms with van der Waals surface area (Å²) in [5.74, 6) is 0.619. The largest absolute Gasteiger partial charge is 0.305 e. The molecule has 5 heteroatoms. The van der Waals surface area contributed by atoms with Gasteiger partial charge >= 0.3 is 0 Å². The Bertz CT molecular complexity index is 812. The highest BCUT2D eigenvalue weighted by Crippen LogP contribution is 2.22. The number of likely N-dealkylation sites (N-methyl/N-ethyl adjacent to an activating group) is 1. The van der Waals surface area contributed by atoms with E-state index in [0.29, 0.717) is 5.92 Å². The lowest BCUT2D eigenvalue weighted by molar-refractivity contribution is 0.251. The van der Waals surface area contributed by atoms with Crippen molar-refractivity contribution in [3.8, 4) is 0 Å². The normalized spacial score (nSPS) is 20.0. The summed E-state index contributed by atoms with van der Waals surface area (Å²) in [4.78, 5) is 15.1. The maximum Gasteiger partial charge on any atom is 0.0794 e. The van der Waals surface area contributed by atoms with E-state index >= 15 is 0 Å². The molecule has 4 rings (SSSR count). The molecule has 3 heterocycles. The van der Waals surface area contributed by atoms with Gasteiger partial charge in [0, 0.05) is 61.6 Å². The summed E-state index contributed by atoms with van der Waals surface area (Å²) in [6, 6.07) is 8.59. The number of thiazole rings is 1. The zero-order valence-corrected chi connectivity index (χ0v) is 15.5. The van der Waals surface area contributed by atoms with Crippen LogP contribution in [0.4, 0.5) is 0 Å². The number of pyridine rings is 1. The van der Waals surface area contributed by atoms with Gasteiger partial charge in [-0.1, -0.05) is 24.3 Å². The fourth-order valence-electron chi connectivity index (χ4n) is 3.82. The SMILES string of the molecule is CN1CCN(Cc2cncs2)C[C@@H](Cc2cncc3ccccc23)C1. The molecule has 1 atom stereocenters. The van der Waals surface area contributed by atoms with Gasteiger partial charge in [-0.15, -0.1) is 11.3 Å². The number of aromatic nitrogens is 2. The predicted octanol–water partition coefficient (Wildman–Crippen LogP) is 3.30. The highest BCUT2D eigenvalue weighted by Gasteiger charge is 2.22. The highest BCUT2D eigenvalue weighted by atomic mass is 32.1. The smallest absolute Gasteiger partial charge is 0.0794 e. The molecule has 0 unspecified atom stereocenters. The molecule has 0 saturated carbocycles. The van der Waals surface area contributed by atoms with Gasteiger partial charge in [0.05, 0.1) is 5.51 Å². The van der Waals surface area contributed by atoms with Crippen LogP contribution in [-0.2, 0) is 13.0 Å². The van der Waals surface area contributed by atoms with Crippen LogP contribution in [0.3, 0.4) is 0 Å². The van der Waals surface area contributed by atoms with E-state index in [-0.39, 0.29) is 0 Å². The molecule has 0 bridgehead atoms. The molecule has 25 heavy (non-hydrogen) atoms. The van der Waals surface area contributed by atoms with Gasteiger partial charge in [0.25, 0.3) is 0 Å². The van der Waals surface area contributed by atoms with Crippen molar-refractivity contribution in [1.82, 2.24) is 19.8 Å². The van der Waals surface area contributed by atoms with Crippen molar-refractivity contribution in [1.29, 1.82) is 0 Å². The lowest BCUT2D eigenvalue weighted by Gasteiger charge is -2.23. The van der Waals surface area contributed by atoms with Crippen molar-refractivity contribution in [2.75, 3.05) is 33.2 Å². The molecule has 1 fully saturated rings. The fourth-order valence-corrected chi connectivity index (χ4v) is 4.46. The monoisotopic (exact) mass is 352 g/mol. The first-order valence-electron chi connectivity index (χ1n) is 8.88. The van der Waals surface area contributed by atoms with Gasteiger partial charge in [0.15, 0.2) is 0 Å². The van der Waals surface area contributed by atoms with E-state index in [1.807, 2.05) is 17.9 Å². The molecule has 0 N–H and O–H groups in total. The Morgan fingerprint density at radius 2 is 2.00 bits per heavy atom. The van der Waals surface area contributed by atoms with Crippen LogP contribution in [0.25, 0.3) is 10.8 Å². The Morgan fingerprint density at radius 1 is 1.08 bits per heavy atom. The second-order valence-electron chi connectivity index (χ2n) is 7.06. The van der Waals surface area contributed by atoms with Gasteiger partial charge in [-0.05, 0) is 30.3 Å². The van der Waals surface area contributed by atoms with E-state index in [1.54, 1.807) is 11.3 Å². The summed E-state index contributed by atoms with van der Waals surface area (Å²) in [6.45, 7) is 5.54. The van der Waals surface area contributed by atoms with E-state index in [4.69, 9.17) is 0 Å². The predicted molar refractivity (Wildman–Crippen MR) is 104 cm³/mol. The van der Waals surface area contributed by atoms with Crippen LogP contribution in [0.1, 0.15) is 10.4 Å². The van der Waals surface area contributed by atoms with Crippen molar-refractivity contribution in [3.05, 3.63) is 58.8 Å². The molecule has 3 aromatic rings. The number of hydrogen-bond donors (Lipinski definition) is 0. The maximum atomic E-state index is 4.47. The third-order valence-corrected chi connectivity index (χ3v) is 5.77. The minimum atomic E-state index is 0.619. The van der Waals surface area contributed by atoms with Crippen LogP contribution in [0, 0.1) is 5.92 Å². The number of hydrogen-bond acceptors (Lipinski definition) is 5. The van der Waals surface area contributed by atoms with Gasteiger partial charge in [-0.3, -0.25) is 14.9 Å². The summed E-state index contributed by atoms with van der Waals surface area (Å²) in [6.07, 6.45) is 7.11. The van der Waals surface area contributed by atoms with Crippen molar-refractivity contribution in [3.63, 3.8) is 0 Å². The number of rotatable bonds is 4. The quantitative estimate of drug-likeness (QED) is 0.721. The van der Waals surface area contributed by atoms with Crippen LogP contribution < -0.4 is 0 Å². The first-order valence-corrected chi connectivity index (χ1v) is 9.76. The standard InChI is InChI=1S/C20H24N4S/c1-23-6-7-24(14-19-11-22-15-25-19)13-16(12-23)8-18-10-21-9-17-4-2-3-5-20(17)18/h2-5,9-11,15-16H,6-8,12-14H2,1H3/t16-/m0/s1. The summed E-state index contributed by atoms with van der Waals surface area (Å²) < 4.78 is 0. The number of fused-ring (bicyclic) bond motifs is 1. The first kappa shape index (κ1) is 16.6. The van der Waals surface area contributed by atoms with Gasteiger partial charge in [0.1, 0.15) is 0 Å². The summed E-state index contributed by atoms with van der Waals surface area (Å²) in [5.41, 5.74) is 3.30. The summed E-state index contributed by atoms with van der Waals surface area (Å²) >= 11 is 1.75. The Kier molecular flexibility index (Phi) is 5.06. The van der Waals surface area contributed by atoms with Crippen LogP contribution in [0.2, 0.25) is 0 Å². The molecule has 1 saturated heterocycles. The molecule has 0 spiro atoms. The fraction of sp³-hybridized carbons (Fsp3) is 0.400. The summed E-state index contributed by atoms with van der Waals surface area (Å²) in [7, 11) is 2.24. The Labute approximate surface area is 153 Å². The van der Waals surface area contributed by atoms with E-state index in [2.05, 4.69) is 57.3 Å². The number of benzene rings is 1. The third kappa shape index (κ3) is 4.06. The van der Waals surface area contributed by atoms with Crippen molar-refractivity contribution < 1.29 is 0 Å². The lowest BCUT2D eigenvalue weighted by atomic mass is 9.96. The minimum absolute atomic E-state index is 0.619.